The summed E-state index contributed by atoms with van der Waals surface area (Å²) in [6.07, 6.45) is 1.94. The summed E-state index contributed by atoms with van der Waals surface area (Å²) in [6, 6.07) is 20.1. The normalized spacial score (nSPS) is 14.2. The Hall–Kier alpha value is -4.17. The van der Waals surface area contributed by atoms with Crippen LogP contribution < -0.4 is 10.2 Å². The van der Waals surface area contributed by atoms with Crippen molar-refractivity contribution >= 4 is 34.9 Å². The minimum Gasteiger partial charge on any atom is -0.316 e. The van der Waals surface area contributed by atoms with Crippen molar-refractivity contribution in [2.45, 2.75) is 25.9 Å². The highest BCUT2D eigenvalue weighted by molar-refractivity contribution is 6.30. The Morgan fingerprint density at radius 1 is 0.974 bits per heavy atom. The van der Waals surface area contributed by atoms with E-state index in [-0.39, 0.29) is 18.1 Å². The molecule has 4 aromatic rings. The van der Waals surface area contributed by atoms with Crippen LogP contribution in [0.25, 0.3) is 5.69 Å². The molecule has 0 aliphatic carbocycles. The van der Waals surface area contributed by atoms with Gasteiger partial charge in [-0.2, -0.15) is 0 Å². The Morgan fingerprint density at radius 3 is 2.45 bits per heavy atom. The van der Waals surface area contributed by atoms with Gasteiger partial charge in [-0.05, 0) is 67.9 Å². The molecule has 194 valence electrons. The zero-order chi connectivity index (χ0) is 27.0. The average molecular weight is 535 g/mol. The van der Waals surface area contributed by atoms with Crippen LogP contribution >= 0.6 is 11.6 Å². The molecule has 0 bridgehead atoms. The van der Waals surface area contributed by atoms with Crippen LogP contribution in [0.1, 0.15) is 31.1 Å². The summed E-state index contributed by atoms with van der Waals surface area (Å²) in [7, 11) is 0. The number of fused-ring (bicyclic) bond motifs is 3. The van der Waals surface area contributed by atoms with Crippen LogP contribution in [0.2, 0.25) is 5.02 Å². The first kappa shape index (κ1) is 25.5. The molecule has 0 spiro atoms. The van der Waals surface area contributed by atoms with E-state index in [4.69, 9.17) is 11.6 Å². The zero-order valence-electron chi connectivity index (χ0n) is 20.7. The number of amides is 3. The van der Waals surface area contributed by atoms with E-state index in [9.17, 15) is 18.4 Å². The number of aromatic nitrogens is 1. The van der Waals surface area contributed by atoms with Crippen LogP contribution in [0.4, 0.5) is 25.0 Å². The van der Waals surface area contributed by atoms with Gasteiger partial charge in [-0.15, -0.1) is 0 Å². The van der Waals surface area contributed by atoms with Gasteiger partial charge in [0.2, 0.25) is 5.91 Å². The lowest BCUT2D eigenvalue weighted by atomic mass is 9.97. The van der Waals surface area contributed by atoms with Crippen molar-refractivity contribution in [3.05, 3.63) is 113 Å². The predicted octanol–water partition coefficient (Wildman–Crippen LogP) is 6.79. The fraction of sp³-hybridized carbons (Fsp3) is 0.172. The molecular formula is C29H25ClF2N4O2. The molecule has 1 aliphatic rings. The lowest BCUT2D eigenvalue weighted by Gasteiger charge is -2.40. The van der Waals surface area contributed by atoms with Gasteiger partial charge in [-0.1, -0.05) is 35.9 Å². The molecule has 6 nitrogen and oxygen atoms in total. The third-order valence-electron chi connectivity index (χ3n) is 6.52. The van der Waals surface area contributed by atoms with Crippen LogP contribution in [-0.2, 0) is 4.79 Å². The second kappa shape index (κ2) is 10.3. The van der Waals surface area contributed by atoms with E-state index in [1.54, 1.807) is 24.8 Å². The Kier molecular flexibility index (Phi) is 6.91. The number of halogens is 3. The van der Waals surface area contributed by atoms with Gasteiger partial charge in [0.25, 0.3) is 0 Å². The average Bonchev–Trinajstić information content (AvgIpc) is 3.37. The third kappa shape index (κ3) is 4.75. The minimum absolute atomic E-state index is 0.174. The number of carbonyl (C=O) groups is 2. The maximum absolute atomic E-state index is 14.2. The van der Waals surface area contributed by atoms with Crippen LogP contribution in [-0.4, -0.2) is 34.0 Å². The van der Waals surface area contributed by atoms with Crippen molar-refractivity contribution in [1.82, 2.24) is 9.47 Å². The number of hydrogen-bond acceptors (Lipinski definition) is 2. The zero-order valence-corrected chi connectivity index (χ0v) is 21.5. The number of nitrogens with one attached hydrogen (secondary N) is 1. The molecule has 5 rings (SSSR count). The summed E-state index contributed by atoms with van der Waals surface area (Å²) in [5.41, 5.74) is 3.02. The minimum atomic E-state index is -0.903. The maximum atomic E-state index is 14.2. The number of hydrogen-bond donors (Lipinski definition) is 1. The molecule has 3 aromatic carbocycles. The number of nitrogens with zero attached hydrogens (tertiary/aromatic N) is 3. The topological polar surface area (TPSA) is 57.6 Å². The summed E-state index contributed by atoms with van der Waals surface area (Å²) in [5.74, 6) is -1.99. The van der Waals surface area contributed by atoms with Gasteiger partial charge in [0.1, 0.15) is 24.2 Å². The lowest BCUT2D eigenvalue weighted by molar-refractivity contribution is -0.119. The fourth-order valence-electron chi connectivity index (χ4n) is 4.74. The van der Waals surface area contributed by atoms with Gasteiger partial charge in [-0.25, -0.2) is 13.6 Å². The van der Waals surface area contributed by atoms with Crippen LogP contribution in [0.15, 0.2) is 85.1 Å². The summed E-state index contributed by atoms with van der Waals surface area (Å²) in [6.45, 7) is 3.24. The number of urea groups is 1. The van der Waals surface area contributed by atoms with Gasteiger partial charge in [0.05, 0.1) is 22.8 Å². The molecular weight excluding hydrogens is 510 g/mol. The van der Waals surface area contributed by atoms with E-state index in [1.165, 1.54) is 4.90 Å². The summed E-state index contributed by atoms with van der Waals surface area (Å²) in [5, 5.41) is 3.00. The van der Waals surface area contributed by atoms with E-state index in [2.05, 4.69) is 5.32 Å². The maximum Gasteiger partial charge on any atom is 0.322 e. The van der Waals surface area contributed by atoms with E-state index < -0.39 is 29.7 Å². The predicted molar refractivity (Wildman–Crippen MR) is 144 cm³/mol. The van der Waals surface area contributed by atoms with Gasteiger partial charge in [-0.3, -0.25) is 9.69 Å². The molecule has 9 heteroatoms. The lowest BCUT2D eigenvalue weighted by Crippen LogP contribution is -2.49. The Labute approximate surface area is 224 Å². The van der Waals surface area contributed by atoms with E-state index in [1.807, 2.05) is 65.4 Å². The van der Waals surface area contributed by atoms with Crippen molar-refractivity contribution in [1.29, 1.82) is 0 Å². The summed E-state index contributed by atoms with van der Waals surface area (Å²) >= 11 is 6.33. The van der Waals surface area contributed by atoms with Crippen molar-refractivity contribution in [3.63, 3.8) is 0 Å². The van der Waals surface area contributed by atoms with E-state index in [0.29, 0.717) is 16.8 Å². The number of rotatable bonds is 5. The SMILES string of the molecule is CC(C)N(CC(=O)N1c2ccccc2-n2cccc2C1c1cccc(Cl)c1)C(=O)Nc1ccc(F)cc1F. The molecule has 1 unspecified atom stereocenters. The second-order valence-electron chi connectivity index (χ2n) is 9.29. The second-order valence-corrected chi connectivity index (χ2v) is 9.73. The number of anilines is 2. The highest BCUT2D eigenvalue weighted by Crippen LogP contribution is 2.42. The molecule has 1 aromatic heterocycles. The summed E-state index contributed by atoms with van der Waals surface area (Å²) < 4.78 is 29.6. The Bertz CT molecular complexity index is 1520. The molecule has 0 saturated heterocycles. The van der Waals surface area contributed by atoms with Crippen molar-refractivity contribution < 1.29 is 18.4 Å². The number of benzene rings is 3. The highest BCUT2D eigenvalue weighted by atomic mass is 35.5. The van der Waals surface area contributed by atoms with Gasteiger partial charge in [0.15, 0.2) is 0 Å². The number of carbonyl (C=O) groups excluding carboxylic acids is 2. The van der Waals surface area contributed by atoms with Crippen LogP contribution in [0.3, 0.4) is 0 Å². The smallest absolute Gasteiger partial charge is 0.316 e. The van der Waals surface area contributed by atoms with E-state index in [0.717, 1.165) is 29.1 Å². The Morgan fingerprint density at radius 2 is 1.74 bits per heavy atom. The first-order valence-electron chi connectivity index (χ1n) is 12.1. The van der Waals surface area contributed by atoms with Gasteiger partial charge in [0, 0.05) is 23.3 Å². The monoisotopic (exact) mass is 534 g/mol. The molecule has 1 N–H and O–H groups in total. The first-order chi connectivity index (χ1) is 18.2. The van der Waals surface area contributed by atoms with Gasteiger partial charge < -0.3 is 14.8 Å². The largest absolute Gasteiger partial charge is 0.322 e. The summed E-state index contributed by atoms with van der Waals surface area (Å²) in [4.78, 5) is 30.2. The molecule has 38 heavy (non-hydrogen) atoms. The highest BCUT2D eigenvalue weighted by Gasteiger charge is 2.37. The molecule has 0 radical (unpaired) electrons. The van der Waals surface area contributed by atoms with Crippen LogP contribution in [0.5, 0.6) is 0 Å². The molecule has 1 aliphatic heterocycles. The molecule has 3 amide bonds. The molecule has 2 heterocycles. The quantitative estimate of drug-likeness (QED) is 0.306. The Balaban J connectivity index is 1.52. The van der Waals surface area contributed by atoms with Crippen molar-refractivity contribution in [3.8, 4) is 5.69 Å². The standard InChI is InChI=1S/C29H25ClF2N4O2/c1-18(2)35(29(38)33-23-13-12-21(31)16-22(23)32)17-27(37)36-25-10-4-3-9-24(25)34-14-6-11-26(34)28(36)19-7-5-8-20(30)15-19/h3-16,18,28H,17H2,1-2H3,(H,33,38). The molecule has 0 fully saturated rings. The molecule has 0 saturated carbocycles. The fourth-order valence-corrected chi connectivity index (χ4v) is 4.94. The van der Waals surface area contributed by atoms with Crippen molar-refractivity contribution in [2.24, 2.45) is 0 Å². The van der Waals surface area contributed by atoms with Gasteiger partial charge >= 0.3 is 6.03 Å². The molecule has 1 atom stereocenters. The number of para-hydroxylation sites is 2. The van der Waals surface area contributed by atoms with Crippen molar-refractivity contribution in [2.75, 3.05) is 16.8 Å². The first-order valence-corrected chi connectivity index (χ1v) is 12.5. The van der Waals surface area contributed by atoms with E-state index >= 15 is 0 Å². The third-order valence-corrected chi connectivity index (χ3v) is 6.75. The van der Waals surface area contributed by atoms with Crippen LogP contribution in [0, 0.1) is 11.6 Å².